The van der Waals surface area contributed by atoms with Gasteiger partial charge in [-0.3, -0.25) is 4.79 Å². The smallest absolute Gasteiger partial charge is 0.288 e. The highest BCUT2D eigenvalue weighted by Crippen LogP contribution is 2.32. The molecule has 2 rings (SSSR count). The van der Waals surface area contributed by atoms with Gasteiger partial charge in [-0.05, 0) is 17.6 Å². The average Bonchev–Trinajstić information content (AvgIpc) is 2.80. The molecule has 2 aromatic rings. The third-order valence-corrected chi connectivity index (χ3v) is 2.73. The summed E-state index contributed by atoms with van der Waals surface area (Å²) in [5.41, 5.74) is -1.33. The Bertz CT molecular complexity index is 537. The highest BCUT2D eigenvalue weighted by Gasteiger charge is 2.35. The summed E-state index contributed by atoms with van der Waals surface area (Å²) in [7, 11) is 0. The summed E-state index contributed by atoms with van der Waals surface area (Å²) < 4.78 is 41.5. The molecule has 1 aromatic heterocycles. The second-order valence-electron chi connectivity index (χ2n) is 3.15. The fourth-order valence-corrected chi connectivity index (χ4v) is 1.80. The van der Waals surface area contributed by atoms with Crippen LogP contribution in [0.3, 0.4) is 0 Å². The Morgan fingerprint density at radius 3 is 2.53 bits per heavy atom. The molecule has 0 saturated carbocycles. The van der Waals surface area contributed by atoms with E-state index in [4.69, 9.17) is 0 Å². The number of ketones is 1. The first-order chi connectivity index (χ1) is 8.00. The van der Waals surface area contributed by atoms with Gasteiger partial charge in [-0.1, -0.05) is 22.7 Å². The number of carbonyl (C=O) groups excluding carboxylic acids is 1. The number of carbonyl (C=O) groups is 1. The van der Waals surface area contributed by atoms with E-state index in [1.54, 1.807) is 0 Å². The summed E-state index contributed by atoms with van der Waals surface area (Å²) in [5.74, 6) is -0.715. The first kappa shape index (κ1) is 11.7. The lowest BCUT2D eigenvalue weighted by atomic mass is 10.0. The lowest BCUT2D eigenvalue weighted by Crippen LogP contribution is -2.12. The van der Waals surface area contributed by atoms with Gasteiger partial charge in [-0.25, -0.2) is 0 Å². The van der Waals surface area contributed by atoms with Gasteiger partial charge >= 0.3 is 6.18 Å². The van der Waals surface area contributed by atoms with Crippen molar-refractivity contribution in [1.29, 1.82) is 0 Å². The van der Waals surface area contributed by atoms with Crippen LogP contribution >= 0.6 is 11.5 Å². The van der Waals surface area contributed by atoms with Crippen LogP contribution in [0.4, 0.5) is 13.2 Å². The van der Waals surface area contributed by atoms with Crippen LogP contribution in [0, 0.1) is 0 Å². The zero-order valence-electron chi connectivity index (χ0n) is 8.23. The van der Waals surface area contributed by atoms with E-state index in [1.807, 2.05) is 0 Å². The van der Waals surface area contributed by atoms with Gasteiger partial charge in [0.2, 0.25) is 5.78 Å². The molecule has 0 saturated heterocycles. The summed E-state index contributed by atoms with van der Waals surface area (Å²) in [4.78, 5) is 11.9. The molecule has 3 nitrogen and oxygen atoms in total. The number of halogens is 3. The van der Waals surface area contributed by atoms with Crippen LogP contribution in [0.1, 0.15) is 20.8 Å². The van der Waals surface area contributed by atoms with E-state index in [2.05, 4.69) is 9.59 Å². The molecule has 0 atom stereocenters. The van der Waals surface area contributed by atoms with E-state index in [0.29, 0.717) is 0 Å². The largest absolute Gasteiger partial charge is 0.417 e. The lowest BCUT2D eigenvalue weighted by Gasteiger charge is -2.10. The molecule has 0 aliphatic carbocycles. The first-order valence-electron chi connectivity index (χ1n) is 4.48. The highest BCUT2D eigenvalue weighted by atomic mass is 32.1. The second-order valence-corrected chi connectivity index (χ2v) is 3.94. The maximum atomic E-state index is 12.7. The number of aromatic nitrogens is 2. The predicted molar refractivity (Wildman–Crippen MR) is 54.8 cm³/mol. The molecule has 1 aromatic carbocycles. The molecular weight excluding hydrogens is 253 g/mol. The van der Waals surface area contributed by atoms with Crippen LogP contribution in [0.15, 0.2) is 30.5 Å². The first-order valence-corrected chi connectivity index (χ1v) is 5.26. The molecule has 7 heteroatoms. The number of alkyl halides is 3. The number of hydrogen-bond donors (Lipinski definition) is 0. The van der Waals surface area contributed by atoms with Gasteiger partial charge in [-0.15, -0.1) is 5.10 Å². The van der Waals surface area contributed by atoms with Crippen LogP contribution in [0.5, 0.6) is 0 Å². The highest BCUT2D eigenvalue weighted by molar-refractivity contribution is 7.08. The van der Waals surface area contributed by atoms with Crippen molar-refractivity contribution in [3.8, 4) is 0 Å². The van der Waals surface area contributed by atoms with E-state index < -0.39 is 17.5 Å². The number of benzene rings is 1. The van der Waals surface area contributed by atoms with Crippen molar-refractivity contribution in [3.63, 3.8) is 0 Å². The number of hydrogen-bond acceptors (Lipinski definition) is 4. The SMILES string of the molecule is O=C(c1cnns1)c1ccccc1C(F)(F)F. The van der Waals surface area contributed by atoms with Crippen molar-refractivity contribution in [2.45, 2.75) is 6.18 Å². The summed E-state index contributed by atoms with van der Waals surface area (Å²) in [6.07, 6.45) is -3.40. The molecule has 0 N–H and O–H groups in total. The van der Waals surface area contributed by atoms with E-state index in [1.165, 1.54) is 12.1 Å². The van der Waals surface area contributed by atoms with E-state index >= 15 is 0 Å². The van der Waals surface area contributed by atoms with Crippen molar-refractivity contribution in [1.82, 2.24) is 9.59 Å². The van der Waals surface area contributed by atoms with Crippen molar-refractivity contribution >= 4 is 17.3 Å². The molecule has 0 fully saturated rings. The minimum atomic E-state index is -4.55. The lowest BCUT2D eigenvalue weighted by molar-refractivity contribution is -0.137. The molecular formula is C10H5F3N2OS. The maximum Gasteiger partial charge on any atom is 0.417 e. The molecule has 0 amide bonds. The standard InChI is InChI=1S/C10H5F3N2OS/c11-10(12,13)7-4-2-1-3-6(7)9(16)8-5-14-15-17-8/h1-5H. The minimum Gasteiger partial charge on any atom is -0.288 e. The fourth-order valence-electron chi connectivity index (χ4n) is 1.33. The van der Waals surface area contributed by atoms with Crippen LogP contribution in [-0.4, -0.2) is 15.4 Å². The topological polar surface area (TPSA) is 42.9 Å². The van der Waals surface area contributed by atoms with Crippen molar-refractivity contribution in [2.75, 3.05) is 0 Å². The molecule has 88 valence electrons. The fraction of sp³-hybridized carbons (Fsp3) is 0.100. The van der Waals surface area contributed by atoms with Crippen LogP contribution in [-0.2, 0) is 6.18 Å². The van der Waals surface area contributed by atoms with Crippen LogP contribution in [0.25, 0.3) is 0 Å². The molecule has 0 radical (unpaired) electrons. The molecule has 0 aliphatic heterocycles. The molecule has 0 aliphatic rings. The number of nitrogens with zero attached hydrogens (tertiary/aromatic N) is 2. The third kappa shape index (κ3) is 2.33. The van der Waals surface area contributed by atoms with E-state index in [9.17, 15) is 18.0 Å². The molecule has 1 heterocycles. The van der Waals surface area contributed by atoms with Crippen LogP contribution in [0.2, 0.25) is 0 Å². The Labute approximate surface area is 98.1 Å². The normalized spacial score (nSPS) is 11.5. The third-order valence-electron chi connectivity index (χ3n) is 2.06. The molecule has 0 bridgehead atoms. The maximum absolute atomic E-state index is 12.7. The van der Waals surface area contributed by atoms with Crippen molar-refractivity contribution < 1.29 is 18.0 Å². The van der Waals surface area contributed by atoms with Gasteiger partial charge in [-0.2, -0.15) is 13.2 Å². The van der Waals surface area contributed by atoms with Gasteiger partial charge in [0, 0.05) is 5.56 Å². The Hall–Kier alpha value is -1.76. The van der Waals surface area contributed by atoms with Crippen molar-refractivity contribution in [2.24, 2.45) is 0 Å². The summed E-state index contributed by atoms with van der Waals surface area (Å²) in [6, 6.07) is 4.65. The molecule has 0 spiro atoms. The second kappa shape index (κ2) is 4.25. The Balaban J connectivity index is 2.50. The molecule has 17 heavy (non-hydrogen) atoms. The van der Waals surface area contributed by atoms with Gasteiger partial charge in [0.15, 0.2) is 0 Å². The quantitative estimate of drug-likeness (QED) is 0.778. The van der Waals surface area contributed by atoms with E-state index in [-0.39, 0.29) is 10.4 Å². The van der Waals surface area contributed by atoms with Crippen LogP contribution < -0.4 is 0 Å². The van der Waals surface area contributed by atoms with Crippen molar-refractivity contribution in [3.05, 3.63) is 46.5 Å². The number of rotatable bonds is 2. The summed E-state index contributed by atoms with van der Waals surface area (Å²) in [6.45, 7) is 0. The van der Waals surface area contributed by atoms with Gasteiger partial charge in [0.1, 0.15) is 4.88 Å². The zero-order valence-corrected chi connectivity index (χ0v) is 9.05. The Morgan fingerprint density at radius 2 is 1.94 bits per heavy atom. The monoisotopic (exact) mass is 258 g/mol. The summed E-state index contributed by atoms with van der Waals surface area (Å²) in [5, 5.41) is 3.43. The van der Waals surface area contributed by atoms with Gasteiger partial charge in [0.05, 0.1) is 11.8 Å². The Morgan fingerprint density at radius 1 is 1.24 bits per heavy atom. The van der Waals surface area contributed by atoms with E-state index in [0.717, 1.165) is 29.9 Å². The molecule has 0 unspecified atom stereocenters. The average molecular weight is 258 g/mol. The van der Waals surface area contributed by atoms with Gasteiger partial charge < -0.3 is 0 Å². The zero-order chi connectivity index (χ0) is 12.5. The minimum absolute atomic E-state index is 0.0849. The summed E-state index contributed by atoms with van der Waals surface area (Å²) >= 11 is 0.767. The Kier molecular flexibility index (Phi) is 2.93. The predicted octanol–water partition coefficient (Wildman–Crippen LogP) is 2.79. The van der Waals surface area contributed by atoms with Gasteiger partial charge in [0.25, 0.3) is 0 Å².